The van der Waals surface area contributed by atoms with Crippen LogP contribution in [0.2, 0.25) is 0 Å². The Morgan fingerprint density at radius 3 is 2.50 bits per heavy atom. The number of hydrogen-bond acceptors (Lipinski definition) is 3. The highest BCUT2D eigenvalue weighted by molar-refractivity contribution is 5.90. The summed E-state index contributed by atoms with van der Waals surface area (Å²) in [6.45, 7) is 3.73. The molecule has 2 amide bonds. The maximum Gasteiger partial charge on any atom is 0.319 e. The maximum absolute atomic E-state index is 12.1. The number of rotatable bonds is 9. The predicted molar refractivity (Wildman–Crippen MR) is 108 cm³/mol. The Bertz CT molecular complexity index is 684. The highest BCUT2D eigenvalue weighted by atomic mass is 16.5. The van der Waals surface area contributed by atoms with Gasteiger partial charge in [0.2, 0.25) is 0 Å². The Morgan fingerprint density at radius 2 is 1.81 bits per heavy atom. The first-order chi connectivity index (χ1) is 12.6. The zero-order chi connectivity index (χ0) is 18.8. The Balaban J connectivity index is 1.74. The van der Waals surface area contributed by atoms with Crippen molar-refractivity contribution in [3.8, 4) is 0 Å². The molecule has 0 fully saturated rings. The van der Waals surface area contributed by atoms with Gasteiger partial charge in [0.1, 0.15) is 0 Å². The molecule has 2 N–H and O–H groups in total. The van der Waals surface area contributed by atoms with E-state index in [9.17, 15) is 4.79 Å². The van der Waals surface area contributed by atoms with Crippen molar-refractivity contribution in [1.82, 2.24) is 5.32 Å². The molecule has 140 valence electrons. The van der Waals surface area contributed by atoms with Crippen LogP contribution in [-0.2, 0) is 17.8 Å². The minimum absolute atomic E-state index is 0.183. The number of hydrogen-bond donors (Lipinski definition) is 2. The number of ether oxygens (including phenoxy) is 1. The van der Waals surface area contributed by atoms with E-state index in [1.54, 1.807) is 0 Å². The fraction of sp³-hybridized carbons (Fsp3) is 0.381. The van der Waals surface area contributed by atoms with Gasteiger partial charge in [-0.05, 0) is 43.5 Å². The largest absolute Gasteiger partial charge is 0.378 e. The Morgan fingerprint density at radius 1 is 1.08 bits per heavy atom. The normalized spacial score (nSPS) is 10.4. The fourth-order valence-corrected chi connectivity index (χ4v) is 2.60. The van der Waals surface area contributed by atoms with Crippen LogP contribution in [0.15, 0.2) is 48.5 Å². The molecular formula is C21H29N3O2. The third-order valence-electron chi connectivity index (χ3n) is 4.11. The van der Waals surface area contributed by atoms with Crippen LogP contribution >= 0.6 is 0 Å². The van der Waals surface area contributed by atoms with Gasteiger partial charge in [0, 0.05) is 44.2 Å². The van der Waals surface area contributed by atoms with Gasteiger partial charge in [0.05, 0.1) is 6.61 Å². The van der Waals surface area contributed by atoms with Crippen LogP contribution in [-0.4, -0.2) is 33.3 Å². The van der Waals surface area contributed by atoms with Gasteiger partial charge in [0.25, 0.3) is 0 Å². The zero-order valence-corrected chi connectivity index (χ0v) is 15.9. The molecule has 0 aliphatic heterocycles. The Labute approximate surface area is 156 Å². The first-order valence-corrected chi connectivity index (χ1v) is 9.07. The van der Waals surface area contributed by atoms with E-state index in [-0.39, 0.29) is 6.03 Å². The average molecular weight is 355 g/mol. The summed E-state index contributed by atoms with van der Waals surface area (Å²) in [6.07, 6.45) is 1.84. The van der Waals surface area contributed by atoms with Gasteiger partial charge in [-0.15, -0.1) is 0 Å². The van der Waals surface area contributed by atoms with E-state index in [1.165, 1.54) is 11.3 Å². The lowest BCUT2D eigenvalue weighted by Gasteiger charge is -2.13. The second-order valence-corrected chi connectivity index (χ2v) is 6.34. The van der Waals surface area contributed by atoms with Crippen LogP contribution < -0.4 is 15.5 Å². The average Bonchev–Trinajstić information content (AvgIpc) is 2.65. The van der Waals surface area contributed by atoms with Gasteiger partial charge in [-0.3, -0.25) is 0 Å². The van der Waals surface area contributed by atoms with Crippen LogP contribution in [0.5, 0.6) is 0 Å². The predicted octanol–water partition coefficient (Wildman–Crippen LogP) is 4.04. The van der Waals surface area contributed by atoms with Crippen LogP contribution in [0.1, 0.15) is 24.5 Å². The van der Waals surface area contributed by atoms with Gasteiger partial charge in [-0.25, -0.2) is 4.79 Å². The molecule has 0 saturated heterocycles. The van der Waals surface area contributed by atoms with Crippen molar-refractivity contribution < 1.29 is 9.53 Å². The van der Waals surface area contributed by atoms with E-state index in [1.807, 2.05) is 45.3 Å². The minimum atomic E-state index is -0.183. The number of aryl methyl sites for hydroxylation is 1. The summed E-state index contributed by atoms with van der Waals surface area (Å²) in [6, 6.07) is 16.0. The molecule has 0 aliphatic rings. The maximum atomic E-state index is 12.1. The van der Waals surface area contributed by atoms with Crippen molar-refractivity contribution in [3.63, 3.8) is 0 Å². The molecule has 2 aromatic carbocycles. The smallest absolute Gasteiger partial charge is 0.319 e. The Kier molecular flexibility index (Phi) is 7.96. The van der Waals surface area contributed by atoms with E-state index >= 15 is 0 Å². The summed E-state index contributed by atoms with van der Waals surface area (Å²) >= 11 is 0. The molecule has 0 aliphatic carbocycles. The second kappa shape index (κ2) is 10.5. The monoisotopic (exact) mass is 355 g/mol. The minimum Gasteiger partial charge on any atom is -0.378 e. The molecule has 2 aromatic rings. The fourth-order valence-electron chi connectivity index (χ4n) is 2.60. The molecule has 0 heterocycles. The van der Waals surface area contributed by atoms with Gasteiger partial charge >= 0.3 is 6.03 Å². The van der Waals surface area contributed by atoms with Crippen molar-refractivity contribution in [2.24, 2.45) is 0 Å². The first-order valence-electron chi connectivity index (χ1n) is 9.07. The zero-order valence-electron chi connectivity index (χ0n) is 15.9. The quantitative estimate of drug-likeness (QED) is 0.668. The molecule has 5 nitrogen and oxygen atoms in total. The lowest BCUT2D eigenvalue weighted by molar-refractivity contribution is 0.134. The summed E-state index contributed by atoms with van der Waals surface area (Å²) in [7, 11) is 4.06. The first kappa shape index (κ1) is 19.8. The van der Waals surface area contributed by atoms with E-state index in [4.69, 9.17) is 4.74 Å². The van der Waals surface area contributed by atoms with Crippen molar-refractivity contribution in [1.29, 1.82) is 0 Å². The standard InChI is InChI=1S/C21H29N3O2/c1-4-26-16-18-9-5-6-10-20(18)23-21(25)22-15-7-8-17-11-13-19(14-12-17)24(2)3/h5-6,9-14H,4,7-8,15-16H2,1-3H3,(H2,22,23,25). The third kappa shape index (κ3) is 6.41. The molecule has 5 heteroatoms. The summed E-state index contributed by atoms with van der Waals surface area (Å²) in [4.78, 5) is 14.2. The highest BCUT2D eigenvalue weighted by Gasteiger charge is 2.06. The van der Waals surface area contributed by atoms with Crippen molar-refractivity contribution in [2.45, 2.75) is 26.4 Å². The number of nitrogens with one attached hydrogen (secondary N) is 2. The molecule has 2 rings (SSSR count). The summed E-state index contributed by atoms with van der Waals surface area (Å²) in [5, 5.41) is 5.82. The molecular weight excluding hydrogens is 326 g/mol. The van der Waals surface area contributed by atoms with Crippen molar-refractivity contribution in [2.75, 3.05) is 37.5 Å². The lowest BCUT2D eigenvalue weighted by Crippen LogP contribution is -2.30. The SMILES string of the molecule is CCOCc1ccccc1NC(=O)NCCCc1ccc(N(C)C)cc1. The Hall–Kier alpha value is -2.53. The van der Waals surface area contributed by atoms with Gasteiger partial charge < -0.3 is 20.3 Å². The summed E-state index contributed by atoms with van der Waals surface area (Å²) in [5.74, 6) is 0. The van der Waals surface area contributed by atoms with Gasteiger partial charge in [-0.1, -0.05) is 30.3 Å². The highest BCUT2D eigenvalue weighted by Crippen LogP contribution is 2.16. The van der Waals surface area contributed by atoms with Crippen molar-refractivity contribution >= 4 is 17.4 Å². The molecule has 0 saturated carbocycles. The third-order valence-corrected chi connectivity index (χ3v) is 4.11. The molecule has 0 radical (unpaired) electrons. The molecule has 26 heavy (non-hydrogen) atoms. The van der Waals surface area contributed by atoms with Crippen LogP contribution in [0.3, 0.4) is 0 Å². The second-order valence-electron chi connectivity index (χ2n) is 6.34. The number of amides is 2. The topological polar surface area (TPSA) is 53.6 Å². The number of benzene rings is 2. The van der Waals surface area contributed by atoms with Crippen LogP contribution in [0, 0.1) is 0 Å². The number of carbonyl (C=O) groups excluding carboxylic acids is 1. The van der Waals surface area contributed by atoms with Crippen molar-refractivity contribution in [3.05, 3.63) is 59.7 Å². The van der Waals surface area contributed by atoms with Crippen LogP contribution in [0.4, 0.5) is 16.2 Å². The molecule has 0 atom stereocenters. The number of carbonyl (C=O) groups is 1. The summed E-state index contributed by atoms with van der Waals surface area (Å²) < 4.78 is 5.44. The van der Waals surface area contributed by atoms with E-state index in [2.05, 4.69) is 39.8 Å². The number of nitrogens with zero attached hydrogens (tertiary/aromatic N) is 1. The molecule has 0 bridgehead atoms. The van der Waals surface area contributed by atoms with Crippen LogP contribution in [0.25, 0.3) is 0 Å². The van der Waals surface area contributed by atoms with Gasteiger partial charge in [0.15, 0.2) is 0 Å². The lowest BCUT2D eigenvalue weighted by atomic mass is 10.1. The summed E-state index contributed by atoms with van der Waals surface area (Å²) in [5.41, 5.74) is 4.24. The number of para-hydroxylation sites is 1. The molecule has 0 spiro atoms. The van der Waals surface area contributed by atoms with Gasteiger partial charge in [-0.2, -0.15) is 0 Å². The van der Waals surface area contributed by atoms with E-state index in [0.717, 1.165) is 24.1 Å². The number of urea groups is 1. The molecule has 0 unspecified atom stereocenters. The van der Waals surface area contributed by atoms with E-state index < -0.39 is 0 Å². The number of anilines is 2. The van der Waals surface area contributed by atoms with E-state index in [0.29, 0.717) is 19.8 Å². The molecule has 0 aromatic heterocycles.